The zero-order chi connectivity index (χ0) is 11.9. The number of hydrogen-bond donors (Lipinski definition) is 3. The summed E-state index contributed by atoms with van der Waals surface area (Å²) in [5.41, 5.74) is -0.220. The zero-order valence-electron chi connectivity index (χ0n) is 9.77. The summed E-state index contributed by atoms with van der Waals surface area (Å²) in [7, 11) is 0. The normalized spacial score (nSPS) is 26.2. The topological polar surface area (TPSA) is 73.2 Å². The molecule has 3 N–H and O–H groups in total. The third-order valence-corrected chi connectivity index (χ3v) is 3.13. The van der Waals surface area contributed by atoms with E-state index >= 15 is 0 Å². The van der Waals surface area contributed by atoms with Crippen molar-refractivity contribution in [3.8, 4) is 0 Å². The number of nitrogens with zero attached hydrogens (tertiary/aromatic N) is 1. The van der Waals surface area contributed by atoms with Gasteiger partial charge in [0.15, 0.2) is 0 Å². The Bertz CT molecular complexity index is 177. The van der Waals surface area contributed by atoms with Crippen molar-refractivity contribution in [2.75, 3.05) is 52.7 Å². The van der Waals surface area contributed by atoms with E-state index in [0.29, 0.717) is 26.2 Å². The molecular formula is C11H23NO4. The van der Waals surface area contributed by atoms with Gasteiger partial charge < -0.3 is 20.1 Å². The molecule has 0 aromatic carbocycles. The third-order valence-electron chi connectivity index (χ3n) is 3.13. The standard InChI is InChI=1S/C11H23NO4/c13-5-3-12(4-6-14)8-11(9-15)2-1-7-16-10-11/h13-15H,1-10H2. The van der Waals surface area contributed by atoms with E-state index in [0.717, 1.165) is 19.4 Å². The summed E-state index contributed by atoms with van der Waals surface area (Å²) >= 11 is 0. The van der Waals surface area contributed by atoms with Crippen LogP contribution in [-0.4, -0.2) is 72.9 Å². The lowest BCUT2D eigenvalue weighted by Gasteiger charge is -2.39. The van der Waals surface area contributed by atoms with Gasteiger partial charge in [-0.1, -0.05) is 0 Å². The van der Waals surface area contributed by atoms with Gasteiger partial charge in [0.25, 0.3) is 0 Å². The molecule has 1 heterocycles. The molecule has 0 amide bonds. The molecule has 0 aliphatic carbocycles. The molecule has 1 aliphatic rings. The van der Waals surface area contributed by atoms with Crippen LogP contribution in [0.2, 0.25) is 0 Å². The Kier molecular flexibility index (Phi) is 6.23. The predicted octanol–water partition coefficient (Wildman–Crippen LogP) is -0.938. The summed E-state index contributed by atoms with van der Waals surface area (Å²) in [5.74, 6) is 0. The van der Waals surface area contributed by atoms with Gasteiger partial charge in [0.1, 0.15) is 0 Å². The molecule has 96 valence electrons. The lowest BCUT2D eigenvalue weighted by atomic mass is 9.83. The van der Waals surface area contributed by atoms with Crippen LogP contribution >= 0.6 is 0 Å². The zero-order valence-corrected chi connectivity index (χ0v) is 9.77. The van der Waals surface area contributed by atoms with Crippen LogP contribution < -0.4 is 0 Å². The summed E-state index contributed by atoms with van der Waals surface area (Å²) in [5, 5.41) is 27.4. The molecule has 0 aromatic rings. The average molecular weight is 233 g/mol. The smallest absolute Gasteiger partial charge is 0.0558 e. The van der Waals surface area contributed by atoms with Crippen molar-refractivity contribution >= 4 is 0 Å². The van der Waals surface area contributed by atoms with Crippen molar-refractivity contribution in [2.45, 2.75) is 12.8 Å². The van der Waals surface area contributed by atoms with Crippen LogP contribution in [0.5, 0.6) is 0 Å². The number of hydrogen-bond acceptors (Lipinski definition) is 5. The molecule has 1 fully saturated rings. The first-order valence-corrected chi connectivity index (χ1v) is 5.89. The highest BCUT2D eigenvalue weighted by atomic mass is 16.5. The second kappa shape index (κ2) is 7.19. The van der Waals surface area contributed by atoms with Crippen molar-refractivity contribution in [1.82, 2.24) is 4.90 Å². The summed E-state index contributed by atoms with van der Waals surface area (Å²) in [6.45, 7) is 3.30. The van der Waals surface area contributed by atoms with Crippen molar-refractivity contribution < 1.29 is 20.1 Å². The van der Waals surface area contributed by atoms with Gasteiger partial charge in [-0.3, -0.25) is 4.90 Å². The molecule has 16 heavy (non-hydrogen) atoms. The lowest BCUT2D eigenvalue weighted by molar-refractivity contribution is -0.0580. The third kappa shape index (κ3) is 3.99. The maximum atomic E-state index is 9.50. The maximum absolute atomic E-state index is 9.50. The summed E-state index contributed by atoms with van der Waals surface area (Å²) in [4.78, 5) is 1.98. The first kappa shape index (κ1) is 13.9. The lowest BCUT2D eigenvalue weighted by Crippen LogP contribution is -2.47. The fourth-order valence-corrected chi connectivity index (χ4v) is 2.24. The van der Waals surface area contributed by atoms with Crippen LogP contribution in [0.15, 0.2) is 0 Å². The van der Waals surface area contributed by atoms with Crippen LogP contribution in [-0.2, 0) is 4.74 Å². The molecule has 1 saturated heterocycles. The van der Waals surface area contributed by atoms with E-state index < -0.39 is 0 Å². The van der Waals surface area contributed by atoms with Gasteiger partial charge in [-0.15, -0.1) is 0 Å². The van der Waals surface area contributed by atoms with E-state index in [-0.39, 0.29) is 25.2 Å². The molecule has 1 unspecified atom stereocenters. The van der Waals surface area contributed by atoms with Crippen LogP contribution in [0.3, 0.4) is 0 Å². The quantitative estimate of drug-likeness (QED) is 0.529. The van der Waals surface area contributed by atoms with E-state index in [1.165, 1.54) is 0 Å². The molecule has 5 heteroatoms. The molecule has 1 atom stereocenters. The monoisotopic (exact) mass is 233 g/mol. The minimum atomic E-state index is -0.220. The van der Waals surface area contributed by atoms with E-state index in [1.807, 2.05) is 4.90 Å². The molecule has 0 spiro atoms. The number of rotatable bonds is 7. The summed E-state index contributed by atoms with van der Waals surface area (Å²) in [6, 6.07) is 0. The summed E-state index contributed by atoms with van der Waals surface area (Å²) < 4.78 is 5.42. The van der Waals surface area contributed by atoms with Gasteiger partial charge >= 0.3 is 0 Å². The highest BCUT2D eigenvalue weighted by Gasteiger charge is 2.33. The highest BCUT2D eigenvalue weighted by Crippen LogP contribution is 2.29. The van der Waals surface area contributed by atoms with Crippen LogP contribution in [0.1, 0.15) is 12.8 Å². The predicted molar refractivity (Wildman–Crippen MR) is 60.2 cm³/mol. The van der Waals surface area contributed by atoms with Gasteiger partial charge in [0.2, 0.25) is 0 Å². The van der Waals surface area contributed by atoms with Crippen LogP contribution in [0.4, 0.5) is 0 Å². The van der Waals surface area contributed by atoms with E-state index in [1.54, 1.807) is 0 Å². The number of ether oxygens (including phenoxy) is 1. The fraction of sp³-hybridized carbons (Fsp3) is 1.00. The van der Waals surface area contributed by atoms with Gasteiger partial charge in [0.05, 0.1) is 26.4 Å². The Labute approximate surface area is 96.6 Å². The minimum Gasteiger partial charge on any atom is -0.396 e. The van der Waals surface area contributed by atoms with Crippen LogP contribution in [0, 0.1) is 5.41 Å². The van der Waals surface area contributed by atoms with Crippen molar-refractivity contribution in [3.63, 3.8) is 0 Å². The van der Waals surface area contributed by atoms with Gasteiger partial charge in [-0.25, -0.2) is 0 Å². The largest absolute Gasteiger partial charge is 0.396 e. The fourth-order valence-electron chi connectivity index (χ4n) is 2.24. The molecule has 0 radical (unpaired) electrons. The van der Waals surface area contributed by atoms with Crippen molar-refractivity contribution in [1.29, 1.82) is 0 Å². The second-order valence-corrected chi connectivity index (χ2v) is 4.54. The highest BCUT2D eigenvalue weighted by molar-refractivity contribution is 4.84. The van der Waals surface area contributed by atoms with Gasteiger partial charge in [-0.2, -0.15) is 0 Å². The Balaban J connectivity index is 2.50. The molecule has 0 bridgehead atoms. The van der Waals surface area contributed by atoms with Crippen molar-refractivity contribution in [2.24, 2.45) is 5.41 Å². The maximum Gasteiger partial charge on any atom is 0.0558 e. The van der Waals surface area contributed by atoms with Crippen molar-refractivity contribution in [3.05, 3.63) is 0 Å². The van der Waals surface area contributed by atoms with E-state index in [9.17, 15) is 5.11 Å². The van der Waals surface area contributed by atoms with Gasteiger partial charge in [-0.05, 0) is 12.8 Å². The Morgan fingerprint density at radius 3 is 2.25 bits per heavy atom. The molecule has 0 saturated carbocycles. The first-order valence-electron chi connectivity index (χ1n) is 5.89. The average Bonchev–Trinajstić information content (AvgIpc) is 2.31. The molecule has 0 aromatic heterocycles. The van der Waals surface area contributed by atoms with Crippen LogP contribution in [0.25, 0.3) is 0 Å². The molecular weight excluding hydrogens is 210 g/mol. The molecule has 1 aliphatic heterocycles. The second-order valence-electron chi connectivity index (χ2n) is 4.54. The number of aliphatic hydroxyl groups excluding tert-OH is 3. The minimum absolute atomic E-state index is 0.0718. The number of aliphatic hydroxyl groups is 3. The Morgan fingerprint density at radius 1 is 1.12 bits per heavy atom. The summed E-state index contributed by atoms with van der Waals surface area (Å²) in [6.07, 6.45) is 1.91. The van der Waals surface area contributed by atoms with E-state index in [4.69, 9.17) is 14.9 Å². The Morgan fingerprint density at radius 2 is 1.81 bits per heavy atom. The molecule has 1 rings (SSSR count). The van der Waals surface area contributed by atoms with Gasteiger partial charge in [0, 0.05) is 31.7 Å². The van der Waals surface area contributed by atoms with E-state index in [2.05, 4.69) is 0 Å². The Hall–Kier alpha value is -0.200. The molecule has 5 nitrogen and oxygen atoms in total. The first-order chi connectivity index (χ1) is 7.76. The SMILES string of the molecule is OCCN(CCO)CC1(CO)CCCOC1.